The zero-order chi connectivity index (χ0) is 14.2. The molecule has 0 aliphatic carbocycles. The Hall–Kier alpha value is -1.47. The van der Waals surface area contributed by atoms with Gasteiger partial charge in [-0.3, -0.25) is 9.48 Å². The number of carbonyl (C=O) groups excluding carboxylic acids is 1. The Morgan fingerprint density at radius 3 is 3.10 bits per heavy atom. The molecule has 2 unspecified atom stereocenters. The minimum atomic E-state index is -0.0760. The Morgan fingerprint density at radius 2 is 2.35 bits per heavy atom. The highest BCUT2D eigenvalue weighted by molar-refractivity contribution is 5.79. The van der Waals surface area contributed by atoms with Crippen LogP contribution in [-0.2, 0) is 16.1 Å². The molecule has 7 nitrogen and oxygen atoms in total. The van der Waals surface area contributed by atoms with E-state index in [1.165, 1.54) is 0 Å². The van der Waals surface area contributed by atoms with Gasteiger partial charge in [-0.2, -0.15) is 0 Å². The molecule has 1 aromatic heterocycles. The minimum absolute atomic E-state index is 0.0760. The fourth-order valence-corrected chi connectivity index (χ4v) is 2.28. The molecule has 0 radical (unpaired) electrons. The van der Waals surface area contributed by atoms with Crippen molar-refractivity contribution in [3.63, 3.8) is 0 Å². The number of nitrogens with zero attached hydrogens (tertiary/aromatic N) is 3. The summed E-state index contributed by atoms with van der Waals surface area (Å²) < 4.78 is 7.17. The van der Waals surface area contributed by atoms with Gasteiger partial charge in [-0.25, -0.2) is 0 Å². The van der Waals surface area contributed by atoms with Crippen LogP contribution in [0.2, 0.25) is 0 Å². The first-order valence-corrected chi connectivity index (χ1v) is 7.24. The predicted molar refractivity (Wildman–Crippen MR) is 74.0 cm³/mol. The van der Waals surface area contributed by atoms with Crippen LogP contribution in [0.3, 0.4) is 0 Å². The van der Waals surface area contributed by atoms with E-state index < -0.39 is 0 Å². The Labute approximate surface area is 119 Å². The summed E-state index contributed by atoms with van der Waals surface area (Å²) in [6, 6.07) is 0.144. The highest BCUT2D eigenvalue weighted by Crippen LogP contribution is 2.13. The molecule has 0 aromatic carbocycles. The van der Waals surface area contributed by atoms with Crippen molar-refractivity contribution in [1.82, 2.24) is 25.6 Å². The smallest absolute Gasteiger partial charge is 0.227 e. The molecule has 20 heavy (non-hydrogen) atoms. The normalized spacial score (nSPS) is 22.1. The first-order chi connectivity index (χ1) is 9.81. The van der Waals surface area contributed by atoms with Gasteiger partial charge >= 0.3 is 0 Å². The highest BCUT2D eigenvalue weighted by atomic mass is 16.5. The molecule has 7 heteroatoms. The molecule has 1 aliphatic heterocycles. The maximum Gasteiger partial charge on any atom is 0.227 e. The van der Waals surface area contributed by atoms with Crippen LogP contribution in [-0.4, -0.2) is 53.2 Å². The maximum atomic E-state index is 12.1. The average Bonchev–Trinajstić information content (AvgIpc) is 3.12. The minimum Gasteiger partial charge on any atom is -0.379 e. The third kappa shape index (κ3) is 4.28. The maximum absolute atomic E-state index is 12.1. The van der Waals surface area contributed by atoms with E-state index in [4.69, 9.17) is 4.74 Å². The lowest BCUT2D eigenvalue weighted by Gasteiger charge is -2.18. The third-order valence-corrected chi connectivity index (χ3v) is 3.41. The lowest BCUT2D eigenvalue weighted by molar-refractivity contribution is -0.125. The molecular formula is C13H23N5O2. The number of carbonyl (C=O) groups is 1. The van der Waals surface area contributed by atoms with Gasteiger partial charge < -0.3 is 15.4 Å². The SMILES string of the molecule is CCCNC1COCC1C(=O)NCCCn1ccnn1. The molecule has 2 rings (SSSR count). The van der Waals surface area contributed by atoms with E-state index in [-0.39, 0.29) is 17.9 Å². The van der Waals surface area contributed by atoms with Crippen molar-refractivity contribution in [2.24, 2.45) is 5.92 Å². The van der Waals surface area contributed by atoms with Crippen LogP contribution in [0.25, 0.3) is 0 Å². The number of hydrogen-bond donors (Lipinski definition) is 2. The molecule has 0 spiro atoms. The fourth-order valence-electron chi connectivity index (χ4n) is 2.28. The van der Waals surface area contributed by atoms with Gasteiger partial charge in [-0.1, -0.05) is 12.1 Å². The van der Waals surface area contributed by atoms with Crippen molar-refractivity contribution in [3.05, 3.63) is 12.4 Å². The lowest BCUT2D eigenvalue weighted by atomic mass is 10.0. The topological polar surface area (TPSA) is 81.1 Å². The quantitative estimate of drug-likeness (QED) is 0.645. The van der Waals surface area contributed by atoms with Crippen molar-refractivity contribution >= 4 is 5.91 Å². The summed E-state index contributed by atoms with van der Waals surface area (Å²) in [5, 5.41) is 14.0. The predicted octanol–water partition coefficient (Wildman–Crippen LogP) is -0.201. The third-order valence-electron chi connectivity index (χ3n) is 3.41. The molecular weight excluding hydrogens is 258 g/mol. The van der Waals surface area contributed by atoms with Crippen LogP contribution in [0, 0.1) is 5.92 Å². The number of ether oxygens (including phenoxy) is 1. The number of nitrogens with one attached hydrogen (secondary N) is 2. The zero-order valence-corrected chi connectivity index (χ0v) is 11.9. The summed E-state index contributed by atoms with van der Waals surface area (Å²) in [5.41, 5.74) is 0. The van der Waals surface area contributed by atoms with Crippen LogP contribution in [0.1, 0.15) is 19.8 Å². The second kappa shape index (κ2) is 7.96. The lowest BCUT2D eigenvalue weighted by Crippen LogP contribution is -2.44. The molecule has 0 bridgehead atoms. The van der Waals surface area contributed by atoms with E-state index in [0.29, 0.717) is 19.8 Å². The average molecular weight is 281 g/mol. The van der Waals surface area contributed by atoms with Gasteiger partial charge in [0, 0.05) is 25.3 Å². The summed E-state index contributed by atoms with van der Waals surface area (Å²) >= 11 is 0. The van der Waals surface area contributed by atoms with E-state index in [2.05, 4.69) is 27.9 Å². The summed E-state index contributed by atoms with van der Waals surface area (Å²) in [7, 11) is 0. The van der Waals surface area contributed by atoms with Crippen LogP contribution in [0.4, 0.5) is 0 Å². The standard InChI is InChI=1S/C13H23N5O2/c1-2-4-14-12-10-20-9-11(12)13(19)15-5-3-7-18-8-6-16-17-18/h6,8,11-12,14H,2-5,7,9-10H2,1H3,(H,15,19). The number of hydrogen-bond acceptors (Lipinski definition) is 5. The Bertz CT molecular complexity index is 395. The van der Waals surface area contributed by atoms with E-state index in [0.717, 1.165) is 25.9 Å². The molecule has 1 aromatic rings. The van der Waals surface area contributed by atoms with Crippen molar-refractivity contribution in [2.75, 3.05) is 26.3 Å². The number of rotatable bonds is 8. The highest BCUT2D eigenvalue weighted by Gasteiger charge is 2.33. The molecule has 1 fully saturated rings. The van der Waals surface area contributed by atoms with Gasteiger partial charge in [-0.15, -0.1) is 5.10 Å². The van der Waals surface area contributed by atoms with Crippen molar-refractivity contribution in [3.8, 4) is 0 Å². The largest absolute Gasteiger partial charge is 0.379 e. The van der Waals surface area contributed by atoms with Gasteiger partial charge in [0.25, 0.3) is 0 Å². The van der Waals surface area contributed by atoms with Crippen LogP contribution >= 0.6 is 0 Å². The molecule has 2 heterocycles. The van der Waals surface area contributed by atoms with Gasteiger partial charge in [-0.05, 0) is 19.4 Å². The Kier molecular flexibility index (Phi) is 5.94. The van der Waals surface area contributed by atoms with Crippen LogP contribution < -0.4 is 10.6 Å². The number of aromatic nitrogens is 3. The first-order valence-electron chi connectivity index (χ1n) is 7.24. The summed E-state index contributed by atoms with van der Waals surface area (Å²) in [6.45, 7) is 5.58. The molecule has 112 valence electrons. The van der Waals surface area contributed by atoms with Crippen molar-refractivity contribution < 1.29 is 9.53 Å². The fraction of sp³-hybridized carbons (Fsp3) is 0.769. The van der Waals surface area contributed by atoms with E-state index in [1.807, 2.05) is 6.20 Å². The van der Waals surface area contributed by atoms with E-state index in [9.17, 15) is 4.79 Å². The monoisotopic (exact) mass is 281 g/mol. The molecule has 1 amide bonds. The summed E-state index contributed by atoms with van der Waals surface area (Å²) in [5.74, 6) is 0.00242. The number of aryl methyl sites for hydroxylation is 1. The van der Waals surface area contributed by atoms with E-state index in [1.54, 1.807) is 10.9 Å². The second-order valence-corrected chi connectivity index (χ2v) is 5.02. The molecule has 2 atom stereocenters. The van der Waals surface area contributed by atoms with Gasteiger partial charge in [0.05, 0.1) is 25.3 Å². The number of amides is 1. The van der Waals surface area contributed by atoms with Crippen LogP contribution in [0.15, 0.2) is 12.4 Å². The summed E-state index contributed by atoms with van der Waals surface area (Å²) in [6.07, 6.45) is 5.37. The van der Waals surface area contributed by atoms with Gasteiger partial charge in [0.2, 0.25) is 5.91 Å². The molecule has 0 saturated carbocycles. The summed E-state index contributed by atoms with van der Waals surface area (Å²) in [4.78, 5) is 12.1. The van der Waals surface area contributed by atoms with Gasteiger partial charge in [0.1, 0.15) is 0 Å². The van der Waals surface area contributed by atoms with E-state index >= 15 is 0 Å². The molecule has 1 aliphatic rings. The first kappa shape index (κ1) is 14.9. The van der Waals surface area contributed by atoms with Crippen molar-refractivity contribution in [1.29, 1.82) is 0 Å². The zero-order valence-electron chi connectivity index (χ0n) is 11.9. The van der Waals surface area contributed by atoms with Crippen molar-refractivity contribution in [2.45, 2.75) is 32.4 Å². The molecule has 2 N–H and O–H groups in total. The van der Waals surface area contributed by atoms with Crippen LogP contribution in [0.5, 0.6) is 0 Å². The van der Waals surface area contributed by atoms with Gasteiger partial charge in [0.15, 0.2) is 0 Å². The molecule has 1 saturated heterocycles. The Balaban J connectivity index is 1.65. The second-order valence-electron chi connectivity index (χ2n) is 5.02. The Morgan fingerprint density at radius 1 is 1.45 bits per heavy atom.